The number of rotatable bonds is 5. The van der Waals surface area contributed by atoms with E-state index >= 15 is 0 Å². The van der Waals surface area contributed by atoms with E-state index in [1.165, 1.54) is 0 Å². The van der Waals surface area contributed by atoms with Crippen LogP contribution in [0.5, 0.6) is 0 Å². The lowest BCUT2D eigenvalue weighted by atomic mass is 10.1. The normalized spacial score (nSPS) is 11.1. The van der Waals surface area contributed by atoms with E-state index in [9.17, 15) is 4.79 Å². The Kier molecular flexibility index (Phi) is 5.55. The SMILES string of the molecule is C/C(=N\NC(=O)CNc1cccc(Cl)c1C)c1ccccc1. The molecule has 1 amide bonds. The first kappa shape index (κ1) is 16.0. The zero-order chi connectivity index (χ0) is 15.9. The number of nitrogens with zero attached hydrogens (tertiary/aromatic N) is 1. The van der Waals surface area contributed by atoms with Crippen molar-refractivity contribution in [2.24, 2.45) is 5.10 Å². The third-order valence-electron chi connectivity index (χ3n) is 3.25. The lowest BCUT2D eigenvalue weighted by molar-refractivity contribution is -0.119. The minimum Gasteiger partial charge on any atom is -0.376 e. The molecule has 114 valence electrons. The van der Waals surface area contributed by atoms with Gasteiger partial charge in [-0.2, -0.15) is 5.10 Å². The largest absolute Gasteiger partial charge is 0.376 e. The van der Waals surface area contributed by atoms with Gasteiger partial charge in [0.15, 0.2) is 0 Å². The summed E-state index contributed by atoms with van der Waals surface area (Å²) in [6.07, 6.45) is 0. The maximum Gasteiger partial charge on any atom is 0.259 e. The molecule has 0 bridgehead atoms. The van der Waals surface area contributed by atoms with E-state index in [1.807, 2.05) is 62.4 Å². The predicted octanol–water partition coefficient (Wildman–Crippen LogP) is 3.60. The standard InChI is InChI=1S/C17H18ClN3O/c1-12-15(18)9-6-10-16(12)19-11-17(22)21-20-13(2)14-7-4-3-5-8-14/h3-10,19H,11H2,1-2H3,(H,21,22)/b20-13+. The van der Waals surface area contributed by atoms with Crippen molar-refractivity contribution in [3.63, 3.8) is 0 Å². The number of nitrogens with one attached hydrogen (secondary N) is 2. The summed E-state index contributed by atoms with van der Waals surface area (Å²) in [4.78, 5) is 11.8. The topological polar surface area (TPSA) is 53.5 Å². The van der Waals surface area contributed by atoms with E-state index in [-0.39, 0.29) is 12.5 Å². The molecule has 0 fully saturated rings. The van der Waals surface area contributed by atoms with Crippen molar-refractivity contribution in [1.82, 2.24) is 5.43 Å². The quantitative estimate of drug-likeness (QED) is 0.654. The average Bonchev–Trinajstić information content (AvgIpc) is 2.54. The van der Waals surface area contributed by atoms with E-state index in [1.54, 1.807) is 0 Å². The number of halogens is 1. The maximum absolute atomic E-state index is 11.8. The molecule has 2 N–H and O–H groups in total. The van der Waals surface area contributed by atoms with Crippen molar-refractivity contribution in [2.45, 2.75) is 13.8 Å². The molecule has 2 aromatic carbocycles. The van der Waals surface area contributed by atoms with Crippen molar-refractivity contribution >= 4 is 28.9 Å². The van der Waals surface area contributed by atoms with E-state index in [0.29, 0.717) is 5.02 Å². The molecule has 0 heterocycles. The fourth-order valence-corrected chi connectivity index (χ4v) is 2.08. The summed E-state index contributed by atoms with van der Waals surface area (Å²) in [6, 6.07) is 15.2. The van der Waals surface area contributed by atoms with E-state index in [0.717, 1.165) is 22.5 Å². The molecule has 0 unspecified atom stereocenters. The first-order valence-corrected chi connectivity index (χ1v) is 7.33. The highest BCUT2D eigenvalue weighted by Crippen LogP contribution is 2.22. The number of amides is 1. The molecule has 0 radical (unpaired) electrons. The molecule has 2 aromatic rings. The Labute approximate surface area is 135 Å². The molecule has 5 heteroatoms. The molecule has 0 saturated heterocycles. The molecule has 0 saturated carbocycles. The number of benzene rings is 2. The predicted molar refractivity (Wildman–Crippen MR) is 91.5 cm³/mol. The summed E-state index contributed by atoms with van der Waals surface area (Å²) in [7, 11) is 0. The van der Waals surface area contributed by atoms with Crippen LogP contribution in [0.15, 0.2) is 53.6 Å². The maximum atomic E-state index is 11.8. The van der Waals surface area contributed by atoms with Gasteiger partial charge in [0, 0.05) is 10.7 Å². The van der Waals surface area contributed by atoms with Gasteiger partial charge in [0.05, 0.1) is 12.3 Å². The van der Waals surface area contributed by atoms with Crippen LogP contribution < -0.4 is 10.7 Å². The van der Waals surface area contributed by atoms with Gasteiger partial charge >= 0.3 is 0 Å². The van der Waals surface area contributed by atoms with Gasteiger partial charge in [-0.1, -0.05) is 48.0 Å². The van der Waals surface area contributed by atoms with Crippen LogP contribution in [0.2, 0.25) is 5.02 Å². The fraction of sp³-hybridized carbons (Fsp3) is 0.176. The Morgan fingerprint density at radius 3 is 2.59 bits per heavy atom. The molecule has 0 aromatic heterocycles. The molecular weight excluding hydrogens is 298 g/mol. The van der Waals surface area contributed by atoms with Crippen LogP contribution in [-0.2, 0) is 4.79 Å². The van der Waals surface area contributed by atoms with Gasteiger partial charge in [0.1, 0.15) is 0 Å². The Morgan fingerprint density at radius 1 is 1.14 bits per heavy atom. The van der Waals surface area contributed by atoms with Crippen LogP contribution in [-0.4, -0.2) is 18.2 Å². The third-order valence-corrected chi connectivity index (χ3v) is 3.66. The fourth-order valence-electron chi connectivity index (χ4n) is 1.90. The second kappa shape index (κ2) is 7.61. The zero-order valence-electron chi connectivity index (χ0n) is 12.6. The van der Waals surface area contributed by atoms with Crippen LogP contribution in [0.3, 0.4) is 0 Å². The molecule has 4 nitrogen and oxygen atoms in total. The first-order valence-electron chi connectivity index (χ1n) is 6.95. The molecule has 0 aliphatic heterocycles. The summed E-state index contributed by atoms with van der Waals surface area (Å²) in [5, 5.41) is 7.82. The molecule has 0 aliphatic carbocycles. The van der Waals surface area contributed by atoms with Crippen molar-refractivity contribution in [3.05, 3.63) is 64.7 Å². The van der Waals surface area contributed by atoms with Crippen LogP contribution in [0.25, 0.3) is 0 Å². The van der Waals surface area contributed by atoms with E-state index < -0.39 is 0 Å². The minimum atomic E-state index is -0.213. The molecule has 0 spiro atoms. The van der Waals surface area contributed by atoms with Gasteiger partial charge < -0.3 is 5.32 Å². The molecular formula is C17H18ClN3O. The monoisotopic (exact) mass is 315 g/mol. The van der Waals surface area contributed by atoms with E-state index in [4.69, 9.17) is 11.6 Å². The lowest BCUT2D eigenvalue weighted by Gasteiger charge is -2.09. The van der Waals surface area contributed by atoms with Crippen molar-refractivity contribution in [3.8, 4) is 0 Å². The van der Waals surface area contributed by atoms with E-state index in [2.05, 4.69) is 15.8 Å². The number of anilines is 1. The Hall–Kier alpha value is -2.33. The lowest BCUT2D eigenvalue weighted by Crippen LogP contribution is -2.27. The van der Waals surface area contributed by atoms with Gasteiger partial charge in [0.25, 0.3) is 5.91 Å². The Morgan fingerprint density at radius 2 is 1.86 bits per heavy atom. The van der Waals surface area contributed by atoms with Gasteiger partial charge in [-0.3, -0.25) is 4.79 Å². The Bertz CT molecular complexity index is 684. The summed E-state index contributed by atoms with van der Waals surface area (Å²) in [5.41, 5.74) is 6.03. The molecule has 22 heavy (non-hydrogen) atoms. The van der Waals surface area contributed by atoms with Crippen LogP contribution in [0.1, 0.15) is 18.1 Å². The highest BCUT2D eigenvalue weighted by atomic mass is 35.5. The van der Waals surface area contributed by atoms with Crippen LogP contribution >= 0.6 is 11.6 Å². The van der Waals surface area contributed by atoms with Crippen molar-refractivity contribution in [1.29, 1.82) is 0 Å². The molecule has 2 rings (SSSR count). The first-order chi connectivity index (χ1) is 10.6. The molecule has 0 aliphatic rings. The molecule has 0 atom stereocenters. The Balaban J connectivity index is 1.90. The highest BCUT2D eigenvalue weighted by molar-refractivity contribution is 6.31. The average molecular weight is 316 g/mol. The zero-order valence-corrected chi connectivity index (χ0v) is 13.3. The number of carbonyl (C=O) groups excluding carboxylic acids is 1. The smallest absolute Gasteiger partial charge is 0.259 e. The second-order valence-electron chi connectivity index (χ2n) is 4.86. The van der Waals surface area contributed by atoms with Crippen LogP contribution in [0, 0.1) is 6.92 Å². The third kappa shape index (κ3) is 4.33. The van der Waals surface area contributed by atoms with Crippen molar-refractivity contribution in [2.75, 3.05) is 11.9 Å². The van der Waals surface area contributed by atoms with Crippen LogP contribution in [0.4, 0.5) is 5.69 Å². The number of hydrogen-bond donors (Lipinski definition) is 2. The summed E-state index contributed by atoms with van der Waals surface area (Å²) < 4.78 is 0. The van der Waals surface area contributed by atoms with Gasteiger partial charge in [-0.05, 0) is 37.1 Å². The van der Waals surface area contributed by atoms with Gasteiger partial charge in [-0.25, -0.2) is 5.43 Å². The van der Waals surface area contributed by atoms with Gasteiger partial charge in [-0.15, -0.1) is 0 Å². The van der Waals surface area contributed by atoms with Gasteiger partial charge in [0.2, 0.25) is 0 Å². The summed E-state index contributed by atoms with van der Waals surface area (Å²) >= 11 is 6.04. The summed E-state index contributed by atoms with van der Waals surface area (Å²) in [5.74, 6) is -0.213. The second-order valence-corrected chi connectivity index (χ2v) is 5.27. The minimum absolute atomic E-state index is 0.132. The number of hydrogen-bond acceptors (Lipinski definition) is 3. The number of hydrazone groups is 1. The van der Waals surface area contributed by atoms with Crippen molar-refractivity contribution < 1.29 is 4.79 Å². The highest BCUT2D eigenvalue weighted by Gasteiger charge is 2.04. The number of carbonyl (C=O) groups is 1. The summed E-state index contributed by atoms with van der Waals surface area (Å²) in [6.45, 7) is 3.89.